The van der Waals surface area contributed by atoms with Crippen LogP contribution in [0.25, 0.3) is 0 Å². The van der Waals surface area contributed by atoms with Gasteiger partial charge in [0.1, 0.15) is 5.25 Å². The minimum absolute atomic E-state index is 0.131. The smallest absolute Gasteiger partial charge is 0.188 e. The van der Waals surface area contributed by atoms with Gasteiger partial charge >= 0.3 is 0 Å². The van der Waals surface area contributed by atoms with Crippen molar-refractivity contribution in [3.05, 3.63) is 42.0 Å². The molecule has 0 aliphatic heterocycles. The Morgan fingerprint density at radius 3 is 2.33 bits per heavy atom. The lowest BCUT2D eigenvalue weighted by molar-refractivity contribution is -0.119. The Morgan fingerprint density at radius 1 is 1.11 bits per heavy atom. The number of Topliss-reactive ketones (excluding diaryl/α,β-unsaturated/α-hetero) is 1. The van der Waals surface area contributed by atoms with Crippen LogP contribution in [0.3, 0.4) is 0 Å². The third kappa shape index (κ3) is 1.56. The number of hydrogen-bond acceptors (Lipinski definition) is 3. The number of carbonyl (C=O) groups is 1. The molecule has 94 valence electrons. The van der Waals surface area contributed by atoms with Gasteiger partial charge < -0.3 is 0 Å². The van der Waals surface area contributed by atoms with E-state index in [-0.39, 0.29) is 22.5 Å². The molecule has 1 unspecified atom stereocenters. The van der Waals surface area contributed by atoms with Gasteiger partial charge in [-0.25, -0.2) is 8.42 Å². The first-order valence-corrected chi connectivity index (χ1v) is 7.57. The first-order chi connectivity index (χ1) is 8.50. The molecule has 1 fully saturated rings. The van der Waals surface area contributed by atoms with Crippen molar-refractivity contribution in [3.8, 4) is 0 Å². The molecular weight excluding hydrogens is 248 g/mol. The number of benzene rings is 1. The van der Waals surface area contributed by atoms with Crippen molar-refractivity contribution in [2.45, 2.75) is 23.5 Å². The quantitative estimate of drug-likeness (QED) is 0.765. The maximum atomic E-state index is 12.5. The van der Waals surface area contributed by atoms with Gasteiger partial charge in [0, 0.05) is 11.8 Å². The van der Waals surface area contributed by atoms with Gasteiger partial charge in [0.15, 0.2) is 15.6 Å². The fourth-order valence-corrected chi connectivity index (χ4v) is 4.79. The van der Waals surface area contributed by atoms with Crippen molar-refractivity contribution < 1.29 is 13.2 Å². The van der Waals surface area contributed by atoms with Crippen LogP contribution in [0.15, 0.2) is 41.3 Å². The second-order valence-electron chi connectivity index (χ2n) is 5.07. The SMILES string of the molecule is Cc1ccc(S(=O)(=O)C2C(=O)[C@H]3C=C[C@@H]2C3)cc1. The molecule has 3 atom stereocenters. The monoisotopic (exact) mass is 262 g/mol. The predicted octanol–water partition coefficient (Wildman–Crippen LogP) is 1.91. The van der Waals surface area contributed by atoms with E-state index in [2.05, 4.69) is 0 Å². The molecule has 0 aromatic heterocycles. The van der Waals surface area contributed by atoms with Crippen molar-refractivity contribution in [3.63, 3.8) is 0 Å². The summed E-state index contributed by atoms with van der Waals surface area (Å²) in [6.45, 7) is 1.90. The molecule has 3 nitrogen and oxygen atoms in total. The van der Waals surface area contributed by atoms with E-state index in [1.54, 1.807) is 24.3 Å². The third-order valence-corrected chi connectivity index (χ3v) is 6.02. The van der Waals surface area contributed by atoms with Crippen LogP contribution in [-0.2, 0) is 14.6 Å². The van der Waals surface area contributed by atoms with Gasteiger partial charge in [0.2, 0.25) is 0 Å². The van der Waals surface area contributed by atoms with E-state index in [9.17, 15) is 13.2 Å². The normalized spacial score (nSPS) is 30.1. The van der Waals surface area contributed by atoms with Crippen molar-refractivity contribution in [2.24, 2.45) is 11.8 Å². The zero-order valence-corrected chi connectivity index (χ0v) is 10.9. The molecule has 0 N–H and O–H groups in total. The average molecular weight is 262 g/mol. The van der Waals surface area contributed by atoms with Crippen molar-refractivity contribution in [1.29, 1.82) is 0 Å². The highest BCUT2D eigenvalue weighted by molar-refractivity contribution is 7.92. The summed E-state index contributed by atoms with van der Waals surface area (Å²) in [5.41, 5.74) is 1.01. The fraction of sp³-hybridized carbons (Fsp3) is 0.357. The number of aryl methyl sites for hydroxylation is 1. The van der Waals surface area contributed by atoms with Crippen LogP contribution in [0.4, 0.5) is 0 Å². The molecule has 3 rings (SSSR count). The van der Waals surface area contributed by atoms with Gasteiger partial charge in [-0.3, -0.25) is 4.79 Å². The summed E-state index contributed by atoms with van der Waals surface area (Å²) >= 11 is 0. The minimum Gasteiger partial charge on any atom is -0.298 e. The van der Waals surface area contributed by atoms with E-state index in [1.165, 1.54) is 0 Å². The summed E-state index contributed by atoms with van der Waals surface area (Å²) in [6.07, 6.45) is 4.38. The molecule has 2 aliphatic carbocycles. The number of ketones is 1. The number of carbonyl (C=O) groups excluding carboxylic acids is 1. The maximum absolute atomic E-state index is 12.5. The van der Waals surface area contributed by atoms with E-state index >= 15 is 0 Å². The number of sulfone groups is 1. The largest absolute Gasteiger partial charge is 0.298 e. The topological polar surface area (TPSA) is 51.2 Å². The molecule has 0 spiro atoms. The Bertz CT molecular complexity index is 626. The van der Waals surface area contributed by atoms with Gasteiger partial charge in [0.25, 0.3) is 0 Å². The fourth-order valence-electron chi connectivity index (χ4n) is 2.84. The molecule has 2 bridgehead atoms. The zero-order chi connectivity index (χ0) is 12.9. The van der Waals surface area contributed by atoms with E-state index in [4.69, 9.17) is 0 Å². The van der Waals surface area contributed by atoms with Crippen LogP contribution >= 0.6 is 0 Å². The molecule has 0 amide bonds. The number of fused-ring (bicyclic) bond motifs is 2. The van der Waals surface area contributed by atoms with Crippen molar-refractivity contribution in [1.82, 2.24) is 0 Å². The molecule has 1 aromatic rings. The minimum atomic E-state index is -3.54. The Hall–Kier alpha value is -1.42. The summed E-state index contributed by atoms with van der Waals surface area (Å²) in [4.78, 5) is 12.3. The summed E-state index contributed by atoms with van der Waals surface area (Å²) in [5.74, 6) is -0.447. The highest BCUT2D eigenvalue weighted by Crippen LogP contribution is 2.41. The van der Waals surface area contributed by atoms with Crippen LogP contribution in [-0.4, -0.2) is 19.5 Å². The van der Waals surface area contributed by atoms with E-state index in [0.29, 0.717) is 6.42 Å². The summed E-state index contributed by atoms with van der Waals surface area (Å²) in [7, 11) is -3.54. The van der Waals surface area contributed by atoms with E-state index in [0.717, 1.165) is 5.56 Å². The van der Waals surface area contributed by atoms with Gasteiger partial charge in [-0.15, -0.1) is 0 Å². The molecular formula is C14H14O3S. The van der Waals surface area contributed by atoms with Gasteiger partial charge in [-0.05, 0) is 25.5 Å². The van der Waals surface area contributed by atoms with Gasteiger partial charge in [-0.1, -0.05) is 29.8 Å². The highest BCUT2D eigenvalue weighted by Gasteiger charge is 2.50. The van der Waals surface area contributed by atoms with Crippen LogP contribution in [0.5, 0.6) is 0 Å². The summed E-state index contributed by atoms with van der Waals surface area (Å²) < 4.78 is 25.0. The van der Waals surface area contributed by atoms with Gasteiger partial charge in [0.05, 0.1) is 4.90 Å². The van der Waals surface area contributed by atoms with Gasteiger partial charge in [-0.2, -0.15) is 0 Å². The first kappa shape index (κ1) is 11.7. The molecule has 2 aliphatic rings. The Balaban J connectivity index is 2.03. The summed E-state index contributed by atoms with van der Waals surface area (Å²) in [5, 5.41) is -0.866. The molecule has 0 radical (unpaired) electrons. The molecule has 4 heteroatoms. The molecule has 18 heavy (non-hydrogen) atoms. The zero-order valence-electron chi connectivity index (χ0n) is 10.0. The third-order valence-electron chi connectivity index (χ3n) is 3.84. The van der Waals surface area contributed by atoms with E-state index in [1.807, 2.05) is 19.1 Å². The van der Waals surface area contributed by atoms with Crippen molar-refractivity contribution in [2.75, 3.05) is 0 Å². The molecule has 0 heterocycles. The molecule has 0 saturated heterocycles. The van der Waals surface area contributed by atoms with Crippen LogP contribution in [0, 0.1) is 18.8 Å². The lowest BCUT2D eigenvalue weighted by Gasteiger charge is -2.17. The average Bonchev–Trinajstić information content (AvgIpc) is 2.89. The van der Waals surface area contributed by atoms with Crippen LogP contribution < -0.4 is 0 Å². The lowest BCUT2D eigenvalue weighted by atomic mass is 10.1. The lowest BCUT2D eigenvalue weighted by Crippen LogP contribution is -2.33. The Morgan fingerprint density at radius 2 is 1.78 bits per heavy atom. The van der Waals surface area contributed by atoms with Crippen molar-refractivity contribution >= 4 is 15.6 Å². The summed E-state index contributed by atoms with van der Waals surface area (Å²) in [6, 6.07) is 6.71. The molecule has 1 aromatic carbocycles. The highest BCUT2D eigenvalue weighted by atomic mass is 32.2. The van der Waals surface area contributed by atoms with E-state index < -0.39 is 15.1 Å². The number of rotatable bonds is 2. The number of hydrogen-bond donors (Lipinski definition) is 0. The van der Waals surface area contributed by atoms with Crippen LogP contribution in [0.2, 0.25) is 0 Å². The standard InChI is InChI=1S/C14H14O3S/c1-9-2-6-12(7-3-9)18(16,17)14-11-5-4-10(8-11)13(14)15/h2-7,10-11,14H,8H2,1H3/t10-,11+,14?/m0/s1. The predicted molar refractivity (Wildman–Crippen MR) is 67.9 cm³/mol. The first-order valence-electron chi connectivity index (χ1n) is 6.03. The Labute approximate surface area is 106 Å². The molecule has 1 saturated carbocycles. The second-order valence-corrected chi connectivity index (χ2v) is 7.14. The number of allylic oxidation sites excluding steroid dienone is 2. The maximum Gasteiger partial charge on any atom is 0.188 e. The second kappa shape index (κ2) is 3.79. The van der Waals surface area contributed by atoms with Crippen LogP contribution in [0.1, 0.15) is 12.0 Å². The Kier molecular flexibility index (Phi) is 2.45.